The van der Waals surface area contributed by atoms with Gasteiger partial charge in [-0.2, -0.15) is 0 Å². The van der Waals surface area contributed by atoms with Crippen LogP contribution in [0.1, 0.15) is 50.5 Å². The van der Waals surface area contributed by atoms with Gasteiger partial charge in [0.2, 0.25) is 5.91 Å². The third kappa shape index (κ3) is 3.32. The molecule has 2 heterocycles. The van der Waals surface area contributed by atoms with Crippen molar-refractivity contribution in [1.82, 2.24) is 10.2 Å². The Labute approximate surface area is 131 Å². The summed E-state index contributed by atoms with van der Waals surface area (Å²) < 4.78 is 13.0. The molecule has 0 aromatic heterocycles. The highest BCUT2D eigenvalue weighted by Gasteiger charge is 2.36. The van der Waals surface area contributed by atoms with Crippen molar-refractivity contribution in [2.24, 2.45) is 0 Å². The van der Waals surface area contributed by atoms with Crippen molar-refractivity contribution in [3.63, 3.8) is 0 Å². The predicted octanol–water partition coefficient (Wildman–Crippen LogP) is 3.06. The first-order valence-corrected chi connectivity index (χ1v) is 8.30. The van der Waals surface area contributed by atoms with Crippen molar-refractivity contribution in [2.45, 2.75) is 63.1 Å². The van der Waals surface area contributed by atoms with E-state index in [1.54, 1.807) is 12.1 Å². The normalized spacial score (nSPS) is 28.4. The van der Waals surface area contributed by atoms with Gasteiger partial charge in [0.25, 0.3) is 0 Å². The maximum absolute atomic E-state index is 13.0. The van der Waals surface area contributed by atoms with Gasteiger partial charge in [0, 0.05) is 31.6 Å². The predicted molar refractivity (Wildman–Crippen MR) is 85.2 cm³/mol. The number of hydrogen-bond donors (Lipinski definition) is 1. The second-order valence-electron chi connectivity index (χ2n) is 6.92. The highest BCUT2D eigenvalue weighted by atomic mass is 19.1. The van der Waals surface area contributed by atoms with E-state index in [1.807, 2.05) is 18.9 Å². The molecule has 3 atom stereocenters. The van der Waals surface area contributed by atoms with E-state index >= 15 is 0 Å². The highest BCUT2D eigenvalue weighted by Crippen LogP contribution is 2.30. The fourth-order valence-electron chi connectivity index (χ4n) is 3.86. The molecule has 2 aliphatic heterocycles. The van der Waals surface area contributed by atoms with Gasteiger partial charge in [-0.3, -0.25) is 4.79 Å². The smallest absolute Gasteiger partial charge is 0.223 e. The minimum atomic E-state index is -0.232. The van der Waals surface area contributed by atoms with Crippen LogP contribution in [0.2, 0.25) is 0 Å². The van der Waals surface area contributed by atoms with Gasteiger partial charge in [-0.1, -0.05) is 19.1 Å². The molecule has 1 aromatic carbocycles. The van der Waals surface area contributed by atoms with Gasteiger partial charge in [0.05, 0.1) is 0 Å². The maximum atomic E-state index is 13.0. The molecule has 1 N–H and O–H groups in total. The maximum Gasteiger partial charge on any atom is 0.223 e. The Balaban J connectivity index is 1.57. The van der Waals surface area contributed by atoms with E-state index in [0.717, 1.165) is 18.4 Å². The van der Waals surface area contributed by atoms with Crippen LogP contribution in [0.25, 0.3) is 0 Å². The Hall–Kier alpha value is -1.42. The molecule has 3 rings (SSSR count). The molecule has 120 valence electrons. The van der Waals surface area contributed by atoms with Crippen LogP contribution in [0.5, 0.6) is 0 Å². The molecule has 1 amide bonds. The summed E-state index contributed by atoms with van der Waals surface area (Å²) in [6.07, 6.45) is 5.12. The number of piperidine rings is 1. The van der Waals surface area contributed by atoms with Crippen LogP contribution in [0.3, 0.4) is 0 Å². The fourth-order valence-corrected chi connectivity index (χ4v) is 3.86. The number of carbonyl (C=O) groups is 1. The zero-order chi connectivity index (χ0) is 15.7. The Kier molecular flexibility index (Phi) is 4.48. The molecule has 0 radical (unpaired) electrons. The summed E-state index contributed by atoms with van der Waals surface area (Å²) in [6, 6.07) is 8.03. The quantitative estimate of drug-likeness (QED) is 0.927. The van der Waals surface area contributed by atoms with Crippen LogP contribution >= 0.6 is 0 Å². The van der Waals surface area contributed by atoms with E-state index in [0.29, 0.717) is 24.5 Å². The number of halogens is 1. The van der Waals surface area contributed by atoms with Gasteiger partial charge in [-0.05, 0) is 49.3 Å². The van der Waals surface area contributed by atoms with Crippen molar-refractivity contribution in [3.8, 4) is 0 Å². The van der Waals surface area contributed by atoms with Crippen molar-refractivity contribution in [3.05, 3.63) is 35.6 Å². The summed E-state index contributed by atoms with van der Waals surface area (Å²) in [6.45, 7) is 2.03. The number of fused-ring (bicyclic) bond motifs is 2. The van der Waals surface area contributed by atoms with Crippen LogP contribution in [-0.2, 0) is 4.79 Å². The van der Waals surface area contributed by atoms with Gasteiger partial charge in [-0.15, -0.1) is 0 Å². The Morgan fingerprint density at radius 2 is 1.86 bits per heavy atom. The molecule has 2 bridgehead atoms. The molecule has 0 saturated carbocycles. The van der Waals surface area contributed by atoms with E-state index in [1.165, 1.54) is 25.0 Å². The summed E-state index contributed by atoms with van der Waals surface area (Å²) in [4.78, 5) is 14.5. The van der Waals surface area contributed by atoms with Gasteiger partial charge < -0.3 is 10.2 Å². The average Bonchev–Trinajstić information content (AvgIpc) is 2.85. The van der Waals surface area contributed by atoms with E-state index in [4.69, 9.17) is 0 Å². The molecule has 0 aliphatic carbocycles. The number of amides is 1. The third-order valence-corrected chi connectivity index (χ3v) is 5.31. The molecule has 4 heteroatoms. The van der Waals surface area contributed by atoms with E-state index in [2.05, 4.69) is 5.32 Å². The van der Waals surface area contributed by atoms with E-state index in [9.17, 15) is 9.18 Å². The minimum absolute atomic E-state index is 0.119. The first kappa shape index (κ1) is 15.5. The third-order valence-electron chi connectivity index (χ3n) is 5.31. The Morgan fingerprint density at radius 1 is 1.27 bits per heavy atom. The number of benzene rings is 1. The minimum Gasteiger partial charge on any atom is -0.343 e. The molecule has 22 heavy (non-hydrogen) atoms. The summed E-state index contributed by atoms with van der Waals surface area (Å²) in [5.74, 6) is 0.0849. The number of hydrogen-bond acceptors (Lipinski definition) is 2. The summed E-state index contributed by atoms with van der Waals surface area (Å²) >= 11 is 0. The highest BCUT2D eigenvalue weighted by molar-refractivity contribution is 5.77. The zero-order valence-corrected chi connectivity index (χ0v) is 13.4. The average molecular weight is 304 g/mol. The van der Waals surface area contributed by atoms with E-state index < -0.39 is 0 Å². The second-order valence-corrected chi connectivity index (χ2v) is 6.92. The van der Waals surface area contributed by atoms with E-state index in [-0.39, 0.29) is 17.6 Å². The van der Waals surface area contributed by atoms with Crippen molar-refractivity contribution >= 4 is 5.91 Å². The van der Waals surface area contributed by atoms with Crippen LogP contribution in [0.4, 0.5) is 4.39 Å². The summed E-state index contributed by atoms with van der Waals surface area (Å²) in [5.41, 5.74) is 1.02. The largest absolute Gasteiger partial charge is 0.343 e. The lowest BCUT2D eigenvalue weighted by molar-refractivity contribution is -0.133. The van der Waals surface area contributed by atoms with Crippen molar-refractivity contribution in [1.29, 1.82) is 0 Å². The van der Waals surface area contributed by atoms with Gasteiger partial charge in [0.15, 0.2) is 0 Å². The molecule has 2 aliphatic rings. The SMILES string of the molecule is CC(CC(=O)N(C)C1CC2CCC(C1)N2)c1ccc(F)cc1. The molecule has 1 aromatic rings. The zero-order valence-electron chi connectivity index (χ0n) is 13.4. The number of nitrogens with zero attached hydrogens (tertiary/aromatic N) is 1. The monoisotopic (exact) mass is 304 g/mol. The molecule has 0 spiro atoms. The van der Waals surface area contributed by atoms with Crippen LogP contribution < -0.4 is 5.32 Å². The van der Waals surface area contributed by atoms with Gasteiger partial charge in [0.1, 0.15) is 5.82 Å². The second kappa shape index (κ2) is 6.37. The molecular weight excluding hydrogens is 279 g/mol. The van der Waals surface area contributed by atoms with Gasteiger partial charge in [-0.25, -0.2) is 4.39 Å². The standard InChI is InChI=1S/C18H25FN2O/c1-12(13-3-5-14(19)6-4-13)9-18(22)21(2)17-10-15-7-8-16(11-17)20-15/h3-6,12,15-17,20H,7-11H2,1-2H3. The first-order chi connectivity index (χ1) is 10.5. The molecule has 3 unspecified atom stereocenters. The molecule has 2 fully saturated rings. The van der Waals surface area contributed by atoms with Crippen LogP contribution in [-0.4, -0.2) is 36.0 Å². The number of carbonyl (C=O) groups excluding carboxylic acids is 1. The Morgan fingerprint density at radius 3 is 2.45 bits per heavy atom. The Bertz CT molecular complexity index is 518. The fraction of sp³-hybridized carbons (Fsp3) is 0.611. The van der Waals surface area contributed by atoms with Crippen LogP contribution in [0.15, 0.2) is 24.3 Å². The lowest BCUT2D eigenvalue weighted by Gasteiger charge is -2.36. The lowest BCUT2D eigenvalue weighted by atomic mass is 9.95. The summed E-state index contributed by atoms with van der Waals surface area (Å²) in [5, 5.41) is 3.61. The number of rotatable bonds is 4. The van der Waals surface area contributed by atoms with Crippen LogP contribution in [0, 0.1) is 5.82 Å². The topological polar surface area (TPSA) is 32.3 Å². The van der Waals surface area contributed by atoms with Crippen molar-refractivity contribution < 1.29 is 9.18 Å². The van der Waals surface area contributed by atoms with Gasteiger partial charge >= 0.3 is 0 Å². The molecular formula is C18H25FN2O. The number of nitrogens with one attached hydrogen (secondary N) is 1. The lowest BCUT2D eigenvalue weighted by Crippen LogP contribution is -2.48. The first-order valence-electron chi connectivity index (χ1n) is 8.30. The molecule has 3 nitrogen and oxygen atoms in total. The van der Waals surface area contributed by atoms with Crippen molar-refractivity contribution in [2.75, 3.05) is 7.05 Å². The summed E-state index contributed by atoms with van der Waals surface area (Å²) in [7, 11) is 1.94. The molecule has 2 saturated heterocycles.